The Morgan fingerprint density at radius 3 is 2.54 bits per heavy atom. The van der Waals surface area contributed by atoms with Crippen LogP contribution in [-0.4, -0.2) is 17.8 Å². The SMILES string of the molecule is CCc1ccc(C(=O)/C=C/Nc2ccc([N+](=O)[O-])cc2OC)cc1. The normalized spacial score (nSPS) is 10.6. The number of carbonyl (C=O) groups excluding carboxylic acids is 1. The van der Waals surface area contributed by atoms with Crippen molar-refractivity contribution >= 4 is 17.2 Å². The highest BCUT2D eigenvalue weighted by Crippen LogP contribution is 2.28. The van der Waals surface area contributed by atoms with Crippen molar-refractivity contribution in [3.8, 4) is 5.75 Å². The summed E-state index contributed by atoms with van der Waals surface area (Å²) in [6, 6.07) is 11.6. The first kappa shape index (κ1) is 17.2. The van der Waals surface area contributed by atoms with Gasteiger partial charge < -0.3 is 10.1 Å². The van der Waals surface area contributed by atoms with Crippen LogP contribution in [-0.2, 0) is 6.42 Å². The van der Waals surface area contributed by atoms with Crippen molar-refractivity contribution in [1.82, 2.24) is 0 Å². The lowest BCUT2D eigenvalue weighted by Gasteiger charge is -2.07. The summed E-state index contributed by atoms with van der Waals surface area (Å²) in [6.07, 6.45) is 3.81. The number of nitrogens with zero attached hydrogens (tertiary/aromatic N) is 1. The molecule has 0 aliphatic heterocycles. The largest absolute Gasteiger partial charge is 0.494 e. The number of aryl methyl sites for hydroxylation is 1. The Hall–Kier alpha value is -3.15. The Kier molecular flexibility index (Phi) is 5.68. The summed E-state index contributed by atoms with van der Waals surface area (Å²) in [5.74, 6) is 0.194. The third kappa shape index (κ3) is 4.19. The van der Waals surface area contributed by atoms with E-state index in [1.54, 1.807) is 12.1 Å². The molecule has 124 valence electrons. The molecule has 0 unspecified atom stereocenters. The van der Waals surface area contributed by atoms with E-state index in [4.69, 9.17) is 4.74 Å². The van der Waals surface area contributed by atoms with Gasteiger partial charge in [0.25, 0.3) is 5.69 Å². The van der Waals surface area contributed by atoms with Crippen LogP contribution in [0.2, 0.25) is 0 Å². The number of allylic oxidation sites excluding steroid dienone is 1. The summed E-state index contributed by atoms with van der Waals surface area (Å²) < 4.78 is 5.12. The predicted molar refractivity (Wildman–Crippen MR) is 92.6 cm³/mol. The molecule has 1 N–H and O–H groups in total. The second kappa shape index (κ2) is 7.92. The number of methoxy groups -OCH3 is 1. The number of ether oxygens (including phenoxy) is 1. The summed E-state index contributed by atoms with van der Waals surface area (Å²) in [5, 5.41) is 13.7. The molecule has 0 saturated carbocycles. The molecule has 24 heavy (non-hydrogen) atoms. The van der Waals surface area contributed by atoms with E-state index < -0.39 is 4.92 Å². The molecule has 0 spiro atoms. The molecular formula is C18H18N2O4. The van der Waals surface area contributed by atoms with Gasteiger partial charge in [-0.3, -0.25) is 14.9 Å². The Balaban J connectivity index is 2.07. The predicted octanol–water partition coefficient (Wildman–Crippen LogP) is 3.97. The van der Waals surface area contributed by atoms with E-state index in [1.807, 2.05) is 12.1 Å². The van der Waals surface area contributed by atoms with Crippen molar-refractivity contribution in [2.75, 3.05) is 12.4 Å². The Bertz CT molecular complexity index is 767. The van der Waals surface area contributed by atoms with Crippen molar-refractivity contribution in [3.63, 3.8) is 0 Å². The summed E-state index contributed by atoms with van der Waals surface area (Å²) in [5.41, 5.74) is 2.24. The third-order valence-electron chi connectivity index (χ3n) is 3.52. The number of hydrogen-bond acceptors (Lipinski definition) is 5. The van der Waals surface area contributed by atoms with Crippen molar-refractivity contribution in [1.29, 1.82) is 0 Å². The molecule has 0 bridgehead atoms. The minimum atomic E-state index is -0.494. The number of rotatable bonds is 7. The number of benzene rings is 2. The maximum atomic E-state index is 12.1. The lowest BCUT2D eigenvalue weighted by molar-refractivity contribution is -0.384. The molecule has 0 heterocycles. The van der Waals surface area contributed by atoms with E-state index in [2.05, 4.69) is 12.2 Å². The molecule has 2 rings (SSSR count). The lowest BCUT2D eigenvalue weighted by atomic mass is 10.1. The first-order chi connectivity index (χ1) is 11.5. The molecule has 0 amide bonds. The van der Waals surface area contributed by atoms with Crippen LogP contribution in [0, 0.1) is 10.1 Å². The molecule has 0 atom stereocenters. The zero-order valence-electron chi connectivity index (χ0n) is 13.5. The van der Waals surface area contributed by atoms with Gasteiger partial charge in [-0.2, -0.15) is 0 Å². The standard InChI is InChI=1S/C18H18N2O4/c1-3-13-4-6-14(7-5-13)17(21)10-11-19-16-9-8-15(20(22)23)12-18(16)24-2/h4-12,19H,3H2,1-2H3/b11-10+. The molecule has 6 nitrogen and oxygen atoms in total. The topological polar surface area (TPSA) is 81.5 Å². The van der Waals surface area contributed by atoms with Crippen LogP contribution >= 0.6 is 0 Å². The Labute approximate surface area is 139 Å². The van der Waals surface area contributed by atoms with E-state index in [9.17, 15) is 14.9 Å². The van der Waals surface area contributed by atoms with Gasteiger partial charge in [-0.1, -0.05) is 31.2 Å². The highest BCUT2D eigenvalue weighted by Gasteiger charge is 2.10. The molecule has 0 aliphatic rings. The molecule has 0 aromatic heterocycles. The van der Waals surface area contributed by atoms with Gasteiger partial charge in [0.15, 0.2) is 5.78 Å². The third-order valence-corrected chi connectivity index (χ3v) is 3.52. The average Bonchev–Trinajstić information content (AvgIpc) is 2.61. The molecule has 6 heteroatoms. The maximum Gasteiger partial charge on any atom is 0.273 e. The van der Waals surface area contributed by atoms with Crippen molar-refractivity contribution in [2.45, 2.75) is 13.3 Å². The zero-order chi connectivity index (χ0) is 17.5. The van der Waals surface area contributed by atoms with E-state index >= 15 is 0 Å². The van der Waals surface area contributed by atoms with E-state index in [0.717, 1.165) is 6.42 Å². The Morgan fingerprint density at radius 1 is 1.25 bits per heavy atom. The van der Waals surface area contributed by atoms with Crippen molar-refractivity contribution in [2.24, 2.45) is 0 Å². The van der Waals surface area contributed by atoms with Gasteiger partial charge in [-0.15, -0.1) is 0 Å². The zero-order valence-corrected chi connectivity index (χ0v) is 13.5. The minimum Gasteiger partial charge on any atom is -0.494 e. The van der Waals surface area contributed by atoms with E-state index in [-0.39, 0.29) is 11.5 Å². The van der Waals surface area contributed by atoms with Crippen LogP contribution in [0.1, 0.15) is 22.8 Å². The van der Waals surface area contributed by atoms with E-state index in [0.29, 0.717) is 17.0 Å². The minimum absolute atomic E-state index is 0.0616. The fourth-order valence-corrected chi connectivity index (χ4v) is 2.12. The lowest BCUT2D eigenvalue weighted by Crippen LogP contribution is -1.98. The molecule has 0 radical (unpaired) electrons. The summed E-state index contributed by atoms with van der Waals surface area (Å²) in [6.45, 7) is 2.05. The first-order valence-corrected chi connectivity index (χ1v) is 7.44. The number of nitro benzene ring substituents is 1. The van der Waals surface area contributed by atoms with Gasteiger partial charge in [0.05, 0.1) is 23.8 Å². The van der Waals surface area contributed by atoms with Crippen LogP contribution < -0.4 is 10.1 Å². The van der Waals surface area contributed by atoms with Crippen molar-refractivity contribution < 1.29 is 14.5 Å². The number of non-ortho nitro benzene ring substituents is 1. The second-order valence-corrected chi connectivity index (χ2v) is 5.03. The maximum absolute atomic E-state index is 12.1. The summed E-state index contributed by atoms with van der Waals surface area (Å²) >= 11 is 0. The highest BCUT2D eigenvalue weighted by atomic mass is 16.6. The first-order valence-electron chi connectivity index (χ1n) is 7.44. The highest BCUT2D eigenvalue weighted by molar-refractivity contribution is 6.04. The van der Waals surface area contributed by atoms with E-state index in [1.165, 1.54) is 43.1 Å². The summed E-state index contributed by atoms with van der Waals surface area (Å²) in [4.78, 5) is 22.3. The molecule has 0 fully saturated rings. The number of carbonyl (C=O) groups is 1. The molecule has 0 saturated heterocycles. The van der Waals surface area contributed by atoms with Crippen LogP contribution in [0.4, 0.5) is 11.4 Å². The smallest absolute Gasteiger partial charge is 0.273 e. The van der Waals surface area contributed by atoms with Gasteiger partial charge in [0, 0.05) is 23.9 Å². The number of hydrogen-bond donors (Lipinski definition) is 1. The fraction of sp³-hybridized carbons (Fsp3) is 0.167. The van der Waals surface area contributed by atoms with Crippen LogP contribution in [0.3, 0.4) is 0 Å². The van der Waals surface area contributed by atoms with Gasteiger partial charge in [-0.25, -0.2) is 0 Å². The van der Waals surface area contributed by atoms with Gasteiger partial charge >= 0.3 is 0 Å². The molecule has 0 aliphatic carbocycles. The molecule has 2 aromatic rings. The number of nitrogens with one attached hydrogen (secondary N) is 1. The molecular weight excluding hydrogens is 308 g/mol. The van der Waals surface area contributed by atoms with Crippen LogP contribution in [0.25, 0.3) is 0 Å². The quantitative estimate of drug-likeness (QED) is 0.360. The Morgan fingerprint density at radius 2 is 1.96 bits per heavy atom. The fourth-order valence-electron chi connectivity index (χ4n) is 2.12. The van der Waals surface area contributed by atoms with Crippen LogP contribution in [0.5, 0.6) is 5.75 Å². The monoisotopic (exact) mass is 326 g/mol. The van der Waals surface area contributed by atoms with Gasteiger partial charge in [-0.05, 0) is 18.1 Å². The number of nitro groups is 1. The average molecular weight is 326 g/mol. The summed E-state index contributed by atoms with van der Waals surface area (Å²) in [7, 11) is 1.42. The van der Waals surface area contributed by atoms with Gasteiger partial charge in [0.2, 0.25) is 0 Å². The van der Waals surface area contributed by atoms with Crippen LogP contribution in [0.15, 0.2) is 54.7 Å². The number of ketones is 1. The van der Waals surface area contributed by atoms with Crippen molar-refractivity contribution in [3.05, 3.63) is 76.0 Å². The van der Waals surface area contributed by atoms with Gasteiger partial charge in [0.1, 0.15) is 5.75 Å². The number of anilines is 1. The second-order valence-electron chi connectivity index (χ2n) is 5.03. The molecule has 2 aromatic carbocycles.